The van der Waals surface area contributed by atoms with Crippen molar-refractivity contribution in [2.45, 2.75) is 26.7 Å². The molecule has 2 aromatic rings. The molecule has 1 N–H and O–H groups in total. The number of nitrogens with one attached hydrogen (secondary N) is 1. The van der Waals surface area contributed by atoms with E-state index in [1.54, 1.807) is 6.20 Å². The summed E-state index contributed by atoms with van der Waals surface area (Å²) in [7, 11) is 0. The molecular formula is C14H17N3. The number of hydrogen-bond acceptors (Lipinski definition) is 2. The zero-order chi connectivity index (χ0) is 12.1. The van der Waals surface area contributed by atoms with Crippen molar-refractivity contribution in [3.63, 3.8) is 0 Å². The Labute approximate surface area is 101 Å². The molecule has 17 heavy (non-hydrogen) atoms. The molecule has 2 aromatic heterocycles. The maximum absolute atomic E-state index is 4.51. The lowest BCUT2D eigenvalue weighted by Gasteiger charge is -2.02. The van der Waals surface area contributed by atoms with Gasteiger partial charge in [0.25, 0.3) is 0 Å². The van der Waals surface area contributed by atoms with E-state index in [1.807, 2.05) is 31.5 Å². The second-order valence-electron chi connectivity index (χ2n) is 3.91. The van der Waals surface area contributed by atoms with E-state index in [4.69, 9.17) is 0 Å². The van der Waals surface area contributed by atoms with Gasteiger partial charge in [-0.1, -0.05) is 19.4 Å². The SMILES string of the molecule is C/C=C\N=C(/CCC)c1c[nH]c2ncccc12. The minimum absolute atomic E-state index is 0.923. The van der Waals surface area contributed by atoms with Crippen molar-refractivity contribution in [2.75, 3.05) is 0 Å². The largest absolute Gasteiger partial charge is 0.345 e. The van der Waals surface area contributed by atoms with Crippen molar-refractivity contribution < 1.29 is 0 Å². The summed E-state index contributed by atoms with van der Waals surface area (Å²) < 4.78 is 0. The summed E-state index contributed by atoms with van der Waals surface area (Å²) in [6.45, 7) is 4.14. The second-order valence-corrected chi connectivity index (χ2v) is 3.91. The Morgan fingerprint density at radius 2 is 2.41 bits per heavy atom. The fourth-order valence-corrected chi connectivity index (χ4v) is 1.86. The van der Waals surface area contributed by atoms with Gasteiger partial charge in [0, 0.05) is 35.3 Å². The molecule has 0 aliphatic heterocycles. The molecule has 0 bridgehead atoms. The van der Waals surface area contributed by atoms with Crippen LogP contribution < -0.4 is 0 Å². The van der Waals surface area contributed by atoms with Crippen LogP contribution in [-0.2, 0) is 0 Å². The molecule has 0 saturated carbocycles. The first kappa shape index (κ1) is 11.6. The zero-order valence-corrected chi connectivity index (χ0v) is 10.3. The molecule has 0 saturated heterocycles. The highest BCUT2D eigenvalue weighted by Crippen LogP contribution is 2.18. The van der Waals surface area contributed by atoms with Gasteiger partial charge in [0.1, 0.15) is 5.65 Å². The first-order chi connectivity index (χ1) is 8.36. The second kappa shape index (κ2) is 5.43. The Hall–Kier alpha value is -1.90. The molecule has 0 aliphatic carbocycles. The van der Waals surface area contributed by atoms with Gasteiger partial charge < -0.3 is 4.98 Å². The van der Waals surface area contributed by atoms with E-state index >= 15 is 0 Å². The minimum atomic E-state index is 0.923. The van der Waals surface area contributed by atoms with E-state index in [0.29, 0.717) is 0 Å². The third kappa shape index (κ3) is 2.44. The van der Waals surface area contributed by atoms with Crippen LogP contribution in [0, 0.1) is 0 Å². The molecule has 0 atom stereocenters. The maximum Gasteiger partial charge on any atom is 0.137 e. The summed E-state index contributed by atoms with van der Waals surface area (Å²) in [4.78, 5) is 12.0. The number of pyridine rings is 1. The summed E-state index contributed by atoms with van der Waals surface area (Å²) in [5.74, 6) is 0. The standard InChI is InChI=1S/C14H17N3/c1-3-6-13(15-8-4-2)12-10-17-14-11(12)7-5-9-16-14/h4-5,7-10H,3,6H2,1-2H3,(H,16,17)/b8-4-,15-13+. The summed E-state index contributed by atoms with van der Waals surface area (Å²) in [5, 5.41) is 1.14. The zero-order valence-electron chi connectivity index (χ0n) is 10.3. The van der Waals surface area contributed by atoms with Crippen molar-refractivity contribution >= 4 is 16.7 Å². The maximum atomic E-state index is 4.51. The average molecular weight is 227 g/mol. The third-order valence-corrected chi connectivity index (χ3v) is 2.63. The van der Waals surface area contributed by atoms with Crippen molar-refractivity contribution in [3.05, 3.63) is 42.4 Å². The van der Waals surface area contributed by atoms with Gasteiger partial charge in [-0.15, -0.1) is 0 Å². The summed E-state index contributed by atoms with van der Waals surface area (Å²) in [6.07, 6.45) is 9.65. The van der Waals surface area contributed by atoms with Gasteiger partial charge in [-0.05, 0) is 25.5 Å². The summed E-state index contributed by atoms with van der Waals surface area (Å²) in [5.41, 5.74) is 3.20. The number of fused-ring (bicyclic) bond motifs is 1. The first-order valence-corrected chi connectivity index (χ1v) is 5.97. The highest BCUT2D eigenvalue weighted by molar-refractivity contribution is 6.10. The number of H-pyrrole nitrogens is 1. The topological polar surface area (TPSA) is 41.0 Å². The van der Waals surface area contributed by atoms with Crippen molar-refractivity contribution in [2.24, 2.45) is 4.99 Å². The fourth-order valence-electron chi connectivity index (χ4n) is 1.86. The number of aliphatic imine (C=N–C) groups is 1. The van der Waals surface area contributed by atoms with Crippen LogP contribution in [0.1, 0.15) is 32.3 Å². The Balaban J connectivity index is 2.48. The van der Waals surface area contributed by atoms with Crippen LogP contribution in [0.4, 0.5) is 0 Å². The third-order valence-electron chi connectivity index (χ3n) is 2.63. The molecule has 0 aliphatic rings. The number of rotatable bonds is 4. The number of nitrogens with zero attached hydrogens (tertiary/aromatic N) is 2. The van der Waals surface area contributed by atoms with Crippen LogP contribution in [0.25, 0.3) is 11.0 Å². The van der Waals surface area contributed by atoms with Crippen LogP contribution in [-0.4, -0.2) is 15.7 Å². The first-order valence-electron chi connectivity index (χ1n) is 5.97. The van der Waals surface area contributed by atoms with Gasteiger partial charge in [0.2, 0.25) is 0 Å². The average Bonchev–Trinajstić information content (AvgIpc) is 2.78. The minimum Gasteiger partial charge on any atom is -0.345 e. The van der Waals surface area contributed by atoms with Gasteiger partial charge in [0.15, 0.2) is 0 Å². The molecule has 0 unspecified atom stereocenters. The van der Waals surface area contributed by atoms with E-state index in [2.05, 4.69) is 28.0 Å². The smallest absolute Gasteiger partial charge is 0.137 e. The number of aromatic nitrogens is 2. The molecule has 0 spiro atoms. The molecular weight excluding hydrogens is 210 g/mol. The molecule has 3 heteroatoms. The molecule has 0 radical (unpaired) electrons. The van der Waals surface area contributed by atoms with E-state index in [-0.39, 0.29) is 0 Å². The monoisotopic (exact) mass is 227 g/mol. The summed E-state index contributed by atoms with van der Waals surface area (Å²) in [6, 6.07) is 4.04. The van der Waals surface area contributed by atoms with E-state index < -0.39 is 0 Å². The van der Waals surface area contributed by atoms with Crippen LogP contribution >= 0.6 is 0 Å². The number of aromatic amines is 1. The highest BCUT2D eigenvalue weighted by Gasteiger charge is 2.09. The number of allylic oxidation sites excluding steroid dienone is 1. The highest BCUT2D eigenvalue weighted by atomic mass is 14.8. The van der Waals surface area contributed by atoms with Crippen LogP contribution in [0.5, 0.6) is 0 Å². The molecule has 0 fully saturated rings. The molecule has 2 rings (SSSR count). The number of hydrogen-bond donors (Lipinski definition) is 1. The van der Waals surface area contributed by atoms with E-state index in [1.165, 1.54) is 0 Å². The predicted molar refractivity (Wildman–Crippen MR) is 72.4 cm³/mol. The Morgan fingerprint density at radius 3 is 3.18 bits per heavy atom. The van der Waals surface area contributed by atoms with Crippen LogP contribution in [0.3, 0.4) is 0 Å². The normalized spacial score (nSPS) is 12.7. The van der Waals surface area contributed by atoms with E-state index in [0.717, 1.165) is 35.2 Å². The Bertz CT molecular complexity index is 549. The van der Waals surface area contributed by atoms with Gasteiger partial charge in [-0.3, -0.25) is 4.99 Å². The molecule has 0 aromatic carbocycles. The lowest BCUT2D eigenvalue weighted by atomic mass is 10.1. The lowest BCUT2D eigenvalue weighted by Crippen LogP contribution is -1.98. The molecule has 2 heterocycles. The summed E-state index contributed by atoms with van der Waals surface area (Å²) >= 11 is 0. The van der Waals surface area contributed by atoms with Gasteiger partial charge in [-0.2, -0.15) is 0 Å². The van der Waals surface area contributed by atoms with Crippen LogP contribution in [0.15, 0.2) is 41.8 Å². The van der Waals surface area contributed by atoms with Crippen LogP contribution in [0.2, 0.25) is 0 Å². The van der Waals surface area contributed by atoms with Gasteiger partial charge >= 0.3 is 0 Å². The van der Waals surface area contributed by atoms with Crippen molar-refractivity contribution in [1.82, 2.24) is 9.97 Å². The Morgan fingerprint density at radius 1 is 1.53 bits per heavy atom. The Kier molecular flexibility index (Phi) is 3.70. The lowest BCUT2D eigenvalue weighted by molar-refractivity contribution is 0.992. The predicted octanol–water partition coefficient (Wildman–Crippen LogP) is 3.69. The molecule has 88 valence electrons. The van der Waals surface area contributed by atoms with Crippen molar-refractivity contribution in [3.8, 4) is 0 Å². The molecule has 0 amide bonds. The van der Waals surface area contributed by atoms with Gasteiger partial charge in [0.05, 0.1) is 0 Å². The fraction of sp³-hybridized carbons (Fsp3) is 0.286. The van der Waals surface area contributed by atoms with Crippen molar-refractivity contribution in [1.29, 1.82) is 0 Å². The van der Waals surface area contributed by atoms with Gasteiger partial charge in [-0.25, -0.2) is 4.98 Å². The van der Waals surface area contributed by atoms with E-state index in [9.17, 15) is 0 Å². The molecule has 3 nitrogen and oxygen atoms in total. The quantitative estimate of drug-likeness (QED) is 0.795.